The monoisotopic (exact) mass is 242 g/mol. The smallest absolute Gasteiger partial charge is 0.330 e. The van der Waals surface area contributed by atoms with Crippen LogP contribution in [0.1, 0.15) is 12.5 Å². The molecule has 0 aliphatic heterocycles. The molecule has 0 amide bonds. The zero-order chi connectivity index (χ0) is 12.8. The molecule has 0 heterocycles. The first kappa shape index (κ1) is 13.2. The van der Waals surface area contributed by atoms with Gasteiger partial charge in [-0.25, -0.2) is 9.18 Å². The average molecular weight is 242 g/mol. The SMILES string of the molecule is CCOC(=O)C=Cc1cc(F)c(F)c(OC)c1. The van der Waals surface area contributed by atoms with Crippen LogP contribution in [0.25, 0.3) is 6.08 Å². The summed E-state index contributed by atoms with van der Waals surface area (Å²) in [6.45, 7) is 1.93. The Hall–Kier alpha value is -1.91. The molecule has 0 aliphatic rings. The summed E-state index contributed by atoms with van der Waals surface area (Å²) in [7, 11) is 1.23. The van der Waals surface area contributed by atoms with E-state index >= 15 is 0 Å². The van der Waals surface area contributed by atoms with Crippen molar-refractivity contribution in [3.8, 4) is 5.75 Å². The van der Waals surface area contributed by atoms with Crippen LogP contribution in [0.4, 0.5) is 8.78 Å². The molecule has 0 atom stereocenters. The number of methoxy groups -OCH3 is 1. The molecule has 0 fully saturated rings. The lowest BCUT2D eigenvalue weighted by atomic mass is 10.2. The summed E-state index contributed by atoms with van der Waals surface area (Å²) >= 11 is 0. The van der Waals surface area contributed by atoms with Gasteiger partial charge in [0.25, 0.3) is 0 Å². The van der Waals surface area contributed by atoms with Crippen LogP contribution in [-0.4, -0.2) is 19.7 Å². The van der Waals surface area contributed by atoms with Crippen LogP contribution in [0.3, 0.4) is 0 Å². The summed E-state index contributed by atoms with van der Waals surface area (Å²) in [5.41, 5.74) is 0.314. The maximum atomic E-state index is 13.1. The third-order valence-electron chi connectivity index (χ3n) is 1.94. The minimum absolute atomic E-state index is 0.214. The molecule has 0 saturated carbocycles. The molecule has 5 heteroatoms. The molecule has 0 saturated heterocycles. The number of hydrogen-bond donors (Lipinski definition) is 0. The van der Waals surface area contributed by atoms with Gasteiger partial charge in [0.2, 0.25) is 5.82 Å². The molecule has 0 bridgehead atoms. The van der Waals surface area contributed by atoms with E-state index in [2.05, 4.69) is 9.47 Å². The average Bonchev–Trinajstić information content (AvgIpc) is 2.31. The summed E-state index contributed by atoms with van der Waals surface area (Å²) in [5, 5.41) is 0. The molecule has 0 radical (unpaired) electrons. The highest BCUT2D eigenvalue weighted by molar-refractivity contribution is 5.87. The van der Waals surface area contributed by atoms with Crippen molar-refractivity contribution >= 4 is 12.0 Å². The summed E-state index contributed by atoms with van der Waals surface area (Å²) in [6.07, 6.45) is 2.46. The number of ether oxygens (including phenoxy) is 2. The van der Waals surface area contributed by atoms with Crippen LogP contribution in [0.5, 0.6) is 5.75 Å². The number of hydrogen-bond acceptors (Lipinski definition) is 3. The van der Waals surface area contributed by atoms with E-state index in [1.165, 1.54) is 19.3 Å². The van der Waals surface area contributed by atoms with Gasteiger partial charge in [-0.3, -0.25) is 0 Å². The van der Waals surface area contributed by atoms with E-state index in [-0.39, 0.29) is 12.4 Å². The third-order valence-corrected chi connectivity index (χ3v) is 1.94. The van der Waals surface area contributed by atoms with Crippen LogP contribution in [0.15, 0.2) is 18.2 Å². The van der Waals surface area contributed by atoms with Crippen LogP contribution in [0.2, 0.25) is 0 Å². The van der Waals surface area contributed by atoms with Crippen LogP contribution in [0, 0.1) is 11.6 Å². The fourth-order valence-electron chi connectivity index (χ4n) is 1.18. The number of benzene rings is 1. The predicted octanol–water partition coefficient (Wildman–Crippen LogP) is 2.55. The van der Waals surface area contributed by atoms with Gasteiger partial charge in [0.1, 0.15) is 0 Å². The van der Waals surface area contributed by atoms with Gasteiger partial charge in [0, 0.05) is 6.08 Å². The van der Waals surface area contributed by atoms with E-state index in [1.54, 1.807) is 6.92 Å². The summed E-state index contributed by atoms with van der Waals surface area (Å²) in [6, 6.07) is 2.25. The molecular formula is C12H12F2O3. The first-order valence-corrected chi connectivity index (χ1v) is 4.96. The van der Waals surface area contributed by atoms with Gasteiger partial charge >= 0.3 is 5.97 Å². The Bertz CT molecular complexity index is 442. The number of carbonyl (C=O) groups excluding carboxylic acids is 1. The summed E-state index contributed by atoms with van der Waals surface area (Å²) < 4.78 is 35.5. The lowest BCUT2D eigenvalue weighted by molar-refractivity contribution is -0.137. The number of rotatable bonds is 4. The zero-order valence-corrected chi connectivity index (χ0v) is 9.50. The Morgan fingerprint density at radius 1 is 1.41 bits per heavy atom. The second kappa shape index (κ2) is 5.98. The molecule has 0 unspecified atom stereocenters. The van der Waals surface area contributed by atoms with Gasteiger partial charge < -0.3 is 9.47 Å². The van der Waals surface area contributed by atoms with Crippen LogP contribution in [-0.2, 0) is 9.53 Å². The van der Waals surface area contributed by atoms with E-state index in [0.29, 0.717) is 5.56 Å². The van der Waals surface area contributed by atoms with E-state index < -0.39 is 17.6 Å². The quantitative estimate of drug-likeness (QED) is 0.601. The van der Waals surface area contributed by atoms with Crippen molar-refractivity contribution in [1.29, 1.82) is 0 Å². The lowest BCUT2D eigenvalue weighted by Crippen LogP contribution is -1.99. The summed E-state index contributed by atoms with van der Waals surface area (Å²) in [4.78, 5) is 11.0. The Labute approximate surface area is 97.7 Å². The van der Waals surface area contributed by atoms with E-state index in [9.17, 15) is 13.6 Å². The minimum atomic E-state index is -1.05. The van der Waals surface area contributed by atoms with Crippen molar-refractivity contribution in [3.05, 3.63) is 35.4 Å². The van der Waals surface area contributed by atoms with Crippen molar-refractivity contribution in [1.82, 2.24) is 0 Å². The maximum Gasteiger partial charge on any atom is 0.330 e. The van der Waals surface area contributed by atoms with Crippen LogP contribution < -0.4 is 4.74 Å². The fourth-order valence-corrected chi connectivity index (χ4v) is 1.18. The zero-order valence-electron chi connectivity index (χ0n) is 9.50. The highest BCUT2D eigenvalue weighted by Gasteiger charge is 2.10. The first-order chi connectivity index (χ1) is 8.08. The highest BCUT2D eigenvalue weighted by Crippen LogP contribution is 2.22. The van der Waals surface area contributed by atoms with E-state index in [1.807, 2.05) is 0 Å². The standard InChI is InChI=1S/C12H12F2O3/c1-3-17-11(15)5-4-8-6-9(13)12(14)10(7-8)16-2/h4-7H,3H2,1-2H3. The number of esters is 1. The second-order valence-electron chi connectivity index (χ2n) is 3.10. The lowest BCUT2D eigenvalue weighted by Gasteiger charge is -2.04. The van der Waals surface area contributed by atoms with Crippen LogP contribution >= 0.6 is 0 Å². The van der Waals surface area contributed by atoms with Gasteiger partial charge in [-0.05, 0) is 30.7 Å². The van der Waals surface area contributed by atoms with Gasteiger partial charge in [-0.2, -0.15) is 4.39 Å². The van der Waals surface area contributed by atoms with Gasteiger partial charge in [0.15, 0.2) is 11.6 Å². The van der Waals surface area contributed by atoms with Gasteiger partial charge in [-0.1, -0.05) is 0 Å². The van der Waals surface area contributed by atoms with Gasteiger partial charge in [0.05, 0.1) is 13.7 Å². The Morgan fingerprint density at radius 3 is 2.71 bits per heavy atom. The molecule has 1 rings (SSSR count). The van der Waals surface area contributed by atoms with Crippen molar-refractivity contribution < 1.29 is 23.0 Å². The Balaban J connectivity index is 2.92. The van der Waals surface area contributed by atoms with Crippen molar-refractivity contribution in [2.45, 2.75) is 6.92 Å². The highest BCUT2D eigenvalue weighted by atomic mass is 19.2. The fraction of sp³-hybridized carbons (Fsp3) is 0.250. The number of carbonyl (C=O) groups is 1. The molecule has 3 nitrogen and oxygen atoms in total. The predicted molar refractivity (Wildman–Crippen MR) is 58.6 cm³/mol. The topological polar surface area (TPSA) is 35.5 Å². The van der Waals surface area contributed by atoms with Crippen molar-refractivity contribution in [2.24, 2.45) is 0 Å². The molecule has 0 N–H and O–H groups in total. The largest absolute Gasteiger partial charge is 0.494 e. The van der Waals surface area contributed by atoms with E-state index in [4.69, 9.17) is 0 Å². The molecule has 1 aromatic rings. The summed E-state index contributed by atoms with van der Waals surface area (Å²) in [5.74, 6) is -2.85. The van der Waals surface area contributed by atoms with E-state index in [0.717, 1.165) is 12.1 Å². The molecule has 17 heavy (non-hydrogen) atoms. The maximum absolute atomic E-state index is 13.1. The third kappa shape index (κ3) is 3.55. The molecular weight excluding hydrogens is 230 g/mol. The molecule has 0 aliphatic carbocycles. The second-order valence-corrected chi connectivity index (χ2v) is 3.10. The van der Waals surface area contributed by atoms with Crippen molar-refractivity contribution in [3.63, 3.8) is 0 Å². The normalized spacial score (nSPS) is 10.6. The molecule has 1 aromatic carbocycles. The molecule has 92 valence electrons. The van der Waals surface area contributed by atoms with Gasteiger partial charge in [-0.15, -0.1) is 0 Å². The Kier molecular flexibility index (Phi) is 4.63. The first-order valence-electron chi connectivity index (χ1n) is 4.96. The molecule has 0 aromatic heterocycles. The molecule has 0 spiro atoms. The minimum Gasteiger partial charge on any atom is -0.494 e. The number of halogens is 2. The Morgan fingerprint density at radius 2 is 2.12 bits per heavy atom. The van der Waals surface area contributed by atoms with Crippen molar-refractivity contribution in [2.75, 3.05) is 13.7 Å².